The number of fused-ring (bicyclic) bond motifs is 1. The van der Waals surface area contributed by atoms with E-state index in [1.807, 2.05) is 43.3 Å². The van der Waals surface area contributed by atoms with Crippen molar-refractivity contribution in [3.63, 3.8) is 0 Å². The molecule has 0 radical (unpaired) electrons. The maximum Gasteiger partial charge on any atom is 0.488 e. The molecular formula is C20H17BN4O2. The molecule has 0 aliphatic carbocycles. The number of hydrogen-bond acceptors (Lipinski definition) is 6. The highest BCUT2D eigenvalue weighted by atomic mass is 16.4. The van der Waals surface area contributed by atoms with Gasteiger partial charge in [0, 0.05) is 23.2 Å². The Hall–Kier alpha value is -3.29. The van der Waals surface area contributed by atoms with Gasteiger partial charge in [0.25, 0.3) is 0 Å². The molecule has 0 fully saturated rings. The summed E-state index contributed by atoms with van der Waals surface area (Å²) in [6, 6.07) is 15.1. The summed E-state index contributed by atoms with van der Waals surface area (Å²) in [7, 11) is -1.57. The Morgan fingerprint density at radius 2 is 1.63 bits per heavy atom. The number of rotatable bonds is 3. The average Bonchev–Trinajstić information content (AvgIpc) is 2.71. The van der Waals surface area contributed by atoms with Crippen LogP contribution >= 0.6 is 0 Å². The lowest BCUT2D eigenvalue weighted by atomic mass is 9.77. The first kappa shape index (κ1) is 17.1. The van der Waals surface area contributed by atoms with E-state index in [-0.39, 0.29) is 0 Å². The molecular weight excluding hydrogens is 339 g/mol. The lowest BCUT2D eigenvalue weighted by molar-refractivity contribution is 0.426. The van der Waals surface area contributed by atoms with E-state index in [0.29, 0.717) is 11.3 Å². The van der Waals surface area contributed by atoms with Crippen LogP contribution in [0, 0.1) is 6.92 Å². The quantitative estimate of drug-likeness (QED) is 0.485. The van der Waals surface area contributed by atoms with Gasteiger partial charge < -0.3 is 15.8 Å². The van der Waals surface area contributed by atoms with Crippen LogP contribution in [-0.2, 0) is 0 Å². The molecule has 0 bridgehead atoms. The third-order valence-electron chi connectivity index (χ3n) is 4.57. The summed E-state index contributed by atoms with van der Waals surface area (Å²) in [5, 5.41) is 29.3. The summed E-state index contributed by atoms with van der Waals surface area (Å²) < 4.78 is 0. The SMILES string of the molecule is Cc1nnc(N)c2ccc(-c3cc(B(O)O)cc(-c4cccnc4)c3)cc12. The molecule has 6 nitrogen and oxygen atoms in total. The molecule has 0 saturated carbocycles. The minimum absolute atomic E-state index is 0.387. The predicted molar refractivity (Wildman–Crippen MR) is 107 cm³/mol. The van der Waals surface area contributed by atoms with E-state index < -0.39 is 7.12 Å². The fourth-order valence-electron chi connectivity index (χ4n) is 3.15. The first-order chi connectivity index (χ1) is 13.0. The van der Waals surface area contributed by atoms with Gasteiger partial charge in [-0.1, -0.05) is 24.3 Å². The van der Waals surface area contributed by atoms with Crippen molar-refractivity contribution >= 4 is 29.2 Å². The number of nitrogens with two attached hydrogens (primary N) is 1. The Balaban J connectivity index is 1.92. The monoisotopic (exact) mass is 356 g/mol. The van der Waals surface area contributed by atoms with Gasteiger partial charge >= 0.3 is 7.12 Å². The first-order valence-corrected chi connectivity index (χ1v) is 8.47. The van der Waals surface area contributed by atoms with Gasteiger partial charge in [-0.2, -0.15) is 5.10 Å². The molecule has 0 amide bonds. The van der Waals surface area contributed by atoms with E-state index in [1.165, 1.54) is 0 Å². The summed E-state index contributed by atoms with van der Waals surface area (Å²) >= 11 is 0. The van der Waals surface area contributed by atoms with Crippen LogP contribution in [0.3, 0.4) is 0 Å². The highest BCUT2D eigenvalue weighted by molar-refractivity contribution is 6.58. The van der Waals surface area contributed by atoms with Gasteiger partial charge in [0.2, 0.25) is 0 Å². The van der Waals surface area contributed by atoms with Gasteiger partial charge in [-0.15, -0.1) is 5.10 Å². The molecule has 4 aromatic rings. The normalized spacial score (nSPS) is 10.9. The van der Waals surface area contributed by atoms with Crippen LogP contribution in [0.1, 0.15) is 5.69 Å². The summed E-state index contributed by atoms with van der Waals surface area (Å²) in [4.78, 5) is 4.15. The smallest absolute Gasteiger partial charge is 0.423 e. The zero-order valence-corrected chi connectivity index (χ0v) is 14.7. The Morgan fingerprint density at radius 1 is 0.852 bits per heavy atom. The number of aromatic nitrogens is 3. The van der Waals surface area contributed by atoms with Crippen molar-refractivity contribution in [1.29, 1.82) is 0 Å². The molecule has 0 atom stereocenters. The Bertz CT molecular complexity index is 1130. The Labute approximate surface area is 156 Å². The molecule has 4 rings (SSSR count). The number of aryl methyl sites for hydroxylation is 1. The van der Waals surface area contributed by atoms with Crippen LogP contribution < -0.4 is 11.2 Å². The Kier molecular flexibility index (Phi) is 4.31. The molecule has 2 aromatic carbocycles. The van der Waals surface area contributed by atoms with E-state index in [0.717, 1.165) is 38.7 Å². The van der Waals surface area contributed by atoms with Crippen LogP contribution in [0.5, 0.6) is 0 Å². The van der Waals surface area contributed by atoms with Gasteiger partial charge in [-0.05, 0) is 58.9 Å². The van der Waals surface area contributed by atoms with Crippen LogP contribution in [0.2, 0.25) is 0 Å². The molecule has 27 heavy (non-hydrogen) atoms. The third-order valence-corrected chi connectivity index (χ3v) is 4.57. The molecule has 0 spiro atoms. The summed E-state index contributed by atoms with van der Waals surface area (Å²) in [6.45, 7) is 1.88. The van der Waals surface area contributed by atoms with E-state index in [1.54, 1.807) is 24.5 Å². The van der Waals surface area contributed by atoms with Crippen LogP contribution in [0.25, 0.3) is 33.0 Å². The van der Waals surface area contributed by atoms with Gasteiger partial charge in [-0.25, -0.2) is 0 Å². The van der Waals surface area contributed by atoms with E-state index in [2.05, 4.69) is 15.2 Å². The van der Waals surface area contributed by atoms with Gasteiger partial charge in [-0.3, -0.25) is 4.98 Å². The molecule has 7 heteroatoms. The second-order valence-corrected chi connectivity index (χ2v) is 6.39. The molecule has 132 valence electrons. The van der Waals surface area contributed by atoms with Gasteiger partial charge in [0.05, 0.1) is 5.69 Å². The van der Waals surface area contributed by atoms with Crippen molar-refractivity contribution in [3.8, 4) is 22.3 Å². The Morgan fingerprint density at radius 3 is 2.33 bits per heavy atom. The van der Waals surface area contributed by atoms with Crippen LogP contribution in [0.15, 0.2) is 60.9 Å². The predicted octanol–water partition coefficient (Wildman–Crippen LogP) is 1.93. The largest absolute Gasteiger partial charge is 0.488 e. The zero-order chi connectivity index (χ0) is 19.0. The summed E-state index contributed by atoms with van der Waals surface area (Å²) in [5.41, 5.74) is 10.7. The standard InChI is InChI=1S/C20H17BN4O2/c1-12-19-10-13(4-5-18(19)20(22)25-24-12)15-7-16(9-17(8-15)21(26)27)14-3-2-6-23-11-14/h2-11,26-27H,1H3,(H2,22,25). The molecule has 4 N–H and O–H groups in total. The lowest BCUT2D eigenvalue weighted by Crippen LogP contribution is -2.29. The fraction of sp³-hybridized carbons (Fsp3) is 0.0500. The molecule has 2 heterocycles. The topological polar surface area (TPSA) is 105 Å². The van der Waals surface area contributed by atoms with E-state index >= 15 is 0 Å². The third kappa shape index (κ3) is 3.26. The maximum absolute atomic E-state index is 9.72. The van der Waals surface area contributed by atoms with Crippen molar-refractivity contribution in [2.24, 2.45) is 0 Å². The van der Waals surface area contributed by atoms with Crippen molar-refractivity contribution < 1.29 is 10.0 Å². The van der Waals surface area contributed by atoms with Gasteiger partial charge in [0.1, 0.15) is 0 Å². The average molecular weight is 356 g/mol. The minimum atomic E-state index is -1.57. The van der Waals surface area contributed by atoms with Crippen molar-refractivity contribution in [3.05, 3.63) is 66.6 Å². The first-order valence-electron chi connectivity index (χ1n) is 8.47. The molecule has 0 aliphatic heterocycles. The van der Waals surface area contributed by atoms with Gasteiger partial charge in [0.15, 0.2) is 5.82 Å². The van der Waals surface area contributed by atoms with E-state index in [4.69, 9.17) is 5.73 Å². The second kappa shape index (κ2) is 6.79. The highest BCUT2D eigenvalue weighted by Gasteiger charge is 2.15. The summed E-state index contributed by atoms with van der Waals surface area (Å²) in [6.07, 6.45) is 3.44. The number of anilines is 1. The minimum Gasteiger partial charge on any atom is -0.423 e. The molecule has 0 saturated heterocycles. The second-order valence-electron chi connectivity index (χ2n) is 6.39. The van der Waals surface area contributed by atoms with E-state index in [9.17, 15) is 10.0 Å². The lowest BCUT2D eigenvalue weighted by Gasteiger charge is -2.11. The number of benzene rings is 2. The summed E-state index contributed by atoms with van der Waals surface area (Å²) in [5.74, 6) is 0.387. The van der Waals surface area contributed by atoms with Crippen molar-refractivity contribution in [2.75, 3.05) is 5.73 Å². The van der Waals surface area contributed by atoms with Crippen LogP contribution in [-0.4, -0.2) is 32.3 Å². The maximum atomic E-state index is 9.72. The number of nitrogen functional groups attached to an aromatic ring is 1. The molecule has 0 aliphatic rings. The van der Waals surface area contributed by atoms with Crippen LogP contribution in [0.4, 0.5) is 5.82 Å². The molecule has 0 unspecified atom stereocenters. The molecule has 2 aromatic heterocycles. The van der Waals surface area contributed by atoms with Crippen molar-refractivity contribution in [1.82, 2.24) is 15.2 Å². The zero-order valence-electron chi connectivity index (χ0n) is 14.7. The number of nitrogens with zero attached hydrogens (tertiary/aromatic N) is 3. The fourth-order valence-corrected chi connectivity index (χ4v) is 3.15. The van der Waals surface area contributed by atoms with Crippen molar-refractivity contribution in [2.45, 2.75) is 6.92 Å². The number of hydrogen-bond donors (Lipinski definition) is 3. The number of pyridine rings is 1. The highest BCUT2D eigenvalue weighted by Crippen LogP contribution is 2.30.